The molecular formula is C18H18N2Si. The van der Waals surface area contributed by atoms with Crippen LogP contribution in [0.4, 0.5) is 11.4 Å². The number of anilines is 2. The Labute approximate surface area is 128 Å². The average molecular weight is 290 g/mol. The Morgan fingerprint density at radius 2 is 1.05 bits per heavy atom. The van der Waals surface area contributed by atoms with E-state index in [0.29, 0.717) is 0 Å². The lowest BCUT2D eigenvalue weighted by atomic mass is 10.3. The Bertz CT molecular complexity index is 606. The quantitative estimate of drug-likeness (QED) is 0.479. The Morgan fingerprint density at radius 3 is 1.33 bits per heavy atom. The maximum absolute atomic E-state index is 5.78. The highest BCUT2D eigenvalue weighted by Gasteiger charge is 2.37. The van der Waals surface area contributed by atoms with E-state index in [9.17, 15) is 0 Å². The first-order valence-electron chi connectivity index (χ1n) is 6.74. The molecule has 0 aromatic heterocycles. The third kappa shape index (κ3) is 2.94. The molecule has 2 aromatic rings. The molecule has 0 amide bonds. The Hall–Kier alpha value is -2.62. The second-order valence-corrected chi connectivity index (χ2v) is 8.98. The van der Waals surface area contributed by atoms with Gasteiger partial charge >= 0.3 is 0 Å². The van der Waals surface area contributed by atoms with Gasteiger partial charge in [0.15, 0.2) is 0 Å². The van der Waals surface area contributed by atoms with E-state index in [-0.39, 0.29) is 0 Å². The Balaban J connectivity index is 2.44. The van der Waals surface area contributed by atoms with E-state index in [1.165, 1.54) is 0 Å². The molecule has 2 aromatic carbocycles. The predicted molar refractivity (Wildman–Crippen MR) is 93.0 cm³/mol. The van der Waals surface area contributed by atoms with Crippen LogP contribution in [0.15, 0.2) is 60.7 Å². The van der Waals surface area contributed by atoms with E-state index in [1.807, 2.05) is 69.8 Å². The summed E-state index contributed by atoms with van der Waals surface area (Å²) in [4.78, 5) is 0. The van der Waals surface area contributed by atoms with Crippen molar-refractivity contribution in [2.45, 2.75) is 13.1 Å². The summed E-state index contributed by atoms with van der Waals surface area (Å²) >= 11 is 0. The highest BCUT2D eigenvalue weighted by Crippen LogP contribution is 2.27. The first-order valence-corrected chi connectivity index (χ1v) is 9.63. The molecule has 0 saturated carbocycles. The van der Waals surface area contributed by atoms with Crippen molar-refractivity contribution in [3.05, 3.63) is 60.7 Å². The zero-order valence-electron chi connectivity index (χ0n) is 12.3. The summed E-state index contributed by atoms with van der Waals surface area (Å²) in [6, 6.07) is 25.5. The molecule has 0 saturated heterocycles. The fourth-order valence-electron chi connectivity index (χ4n) is 2.35. The Morgan fingerprint density at radius 1 is 0.714 bits per heavy atom. The standard InChI is InChI=1S/C18H18N2Si/c1-5-19(17-13-9-7-10-14-17)21(3,4)20(6-2)18-15-11-8-12-16-18/h1-2,7-16H,3-4H3. The highest BCUT2D eigenvalue weighted by atomic mass is 28.3. The molecule has 21 heavy (non-hydrogen) atoms. The predicted octanol–water partition coefficient (Wildman–Crippen LogP) is 3.88. The van der Waals surface area contributed by atoms with Crippen molar-refractivity contribution >= 4 is 19.8 Å². The normalized spacial score (nSPS) is 10.3. The van der Waals surface area contributed by atoms with Crippen LogP contribution in [0, 0.1) is 24.9 Å². The molecule has 0 heterocycles. The molecule has 0 atom stereocenters. The van der Waals surface area contributed by atoms with Crippen LogP contribution in [0.1, 0.15) is 0 Å². The van der Waals surface area contributed by atoms with Crippen molar-refractivity contribution in [1.82, 2.24) is 0 Å². The third-order valence-electron chi connectivity index (χ3n) is 3.38. The number of hydrogen-bond donors (Lipinski definition) is 0. The van der Waals surface area contributed by atoms with E-state index in [4.69, 9.17) is 12.8 Å². The second-order valence-electron chi connectivity index (χ2n) is 5.09. The van der Waals surface area contributed by atoms with Gasteiger partial charge in [0.1, 0.15) is 0 Å². The van der Waals surface area contributed by atoms with Gasteiger partial charge in [-0.3, -0.25) is 0 Å². The monoisotopic (exact) mass is 290 g/mol. The van der Waals surface area contributed by atoms with E-state index < -0.39 is 8.40 Å². The zero-order valence-corrected chi connectivity index (χ0v) is 13.3. The minimum absolute atomic E-state index is 0.993. The second kappa shape index (κ2) is 6.22. The van der Waals surface area contributed by atoms with E-state index >= 15 is 0 Å². The van der Waals surface area contributed by atoms with Gasteiger partial charge in [0.25, 0.3) is 8.40 Å². The zero-order chi connectivity index (χ0) is 15.3. The summed E-state index contributed by atoms with van der Waals surface area (Å²) in [7, 11) is -2.25. The molecule has 0 aliphatic heterocycles. The number of benzene rings is 2. The first-order chi connectivity index (χ1) is 10.1. The van der Waals surface area contributed by atoms with Gasteiger partial charge < -0.3 is 9.13 Å². The molecule has 0 aliphatic carbocycles. The van der Waals surface area contributed by atoms with E-state index in [2.05, 4.69) is 25.2 Å². The van der Waals surface area contributed by atoms with E-state index in [0.717, 1.165) is 11.4 Å². The minimum atomic E-state index is -2.25. The average Bonchev–Trinajstić information content (AvgIpc) is 2.50. The fourth-order valence-corrected chi connectivity index (χ4v) is 4.74. The van der Waals surface area contributed by atoms with Gasteiger partial charge in [-0.05, 0) is 37.4 Å². The fraction of sp³-hybridized carbons (Fsp3) is 0.111. The molecule has 3 heteroatoms. The van der Waals surface area contributed by atoms with E-state index in [1.54, 1.807) is 0 Å². The van der Waals surface area contributed by atoms with Gasteiger partial charge in [-0.2, -0.15) is 0 Å². The maximum atomic E-state index is 5.78. The lowest BCUT2D eigenvalue weighted by Crippen LogP contribution is -2.59. The highest BCUT2D eigenvalue weighted by molar-refractivity contribution is 6.85. The van der Waals surface area contributed by atoms with Gasteiger partial charge in [-0.1, -0.05) is 49.2 Å². The summed E-state index contributed by atoms with van der Waals surface area (Å²) < 4.78 is 3.94. The lowest BCUT2D eigenvalue weighted by molar-refractivity contribution is 1.27. The molecule has 0 unspecified atom stereocenters. The molecule has 2 rings (SSSR count). The molecule has 0 aliphatic rings. The molecular weight excluding hydrogens is 272 g/mol. The summed E-state index contributed by atoms with van der Waals surface area (Å²) in [6.07, 6.45) is 11.6. The molecule has 0 N–H and O–H groups in total. The first kappa shape index (κ1) is 14.8. The summed E-state index contributed by atoms with van der Waals surface area (Å²) in [6.45, 7) is 4.29. The number of hydrogen-bond acceptors (Lipinski definition) is 2. The van der Waals surface area contributed by atoms with Crippen LogP contribution in [-0.2, 0) is 0 Å². The molecule has 0 bridgehead atoms. The van der Waals surface area contributed by atoms with Gasteiger partial charge in [0, 0.05) is 23.5 Å². The molecule has 104 valence electrons. The van der Waals surface area contributed by atoms with Crippen molar-refractivity contribution in [3.8, 4) is 24.9 Å². The van der Waals surface area contributed by atoms with Gasteiger partial charge in [0.2, 0.25) is 0 Å². The van der Waals surface area contributed by atoms with Crippen molar-refractivity contribution in [3.63, 3.8) is 0 Å². The summed E-state index contributed by atoms with van der Waals surface area (Å²) in [5.74, 6) is 0. The molecule has 0 spiro atoms. The van der Waals surface area contributed by atoms with Crippen LogP contribution in [0.25, 0.3) is 0 Å². The van der Waals surface area contributed by atoms with Crippen molar-refractivity contribution in [2.24, 2.45) is 0 Å². The van der Waals surface area contributed by atoms with Crippen LogP contribution in [-0.4, -0.2) is 8.40 Å². The SMILES string of the molecule is C#CN(c1ccccc1)[Si](C)(C)N(C#C)c1ccccc1. The Kier molecular flexibility index (Phi) is 4.38. The molecule has 2 nitrogen and oxygen atoms in total. The van der Waals surface area contributed by atoms with Crippen LogP contribution in [0.3, 0.4) is 0 Å². The topological polar surface area (TPSA) is 6.48 Å². The summed E-state index contributed by atoms with van der Waals surface area (Å²) in [5.41, 5.74) is 1.99. The van der Waals surface area contributed by atoms with Crippen LogP contribution < -0.4 is 9.13 Å². The van der Waals surface area contributed by atoms with Crippen molar-refractivity contribution in [2.75, 3.05) is 9.13 Å². The van der Waals surface area contributed by atoms with Crippen molar-refractivity contribution in [1.29, 1.82) is 0 Å². The van der Waals surface area contributed by atoms with Gasteiger partial charge in [-0.25, -0.2) is 0 Å². The third-order valence-corrected chi connectivity index (χ3v) is 6.34. The van der Waals surface area contributed by atoms with Crippen molar-refractivity contribution < 1.29 is 0 Å². The number of terminal acetylenes is 2. The largest absolute Gasteiger partial charge is 0.309 e. The lowest BCUT2D eigenvalue weighted by Gasteiger charge is -2.40. The van der Waals surface area contributed by atoms with Crippen LogP contribution >= 0.6 is 0 Å². The van der Waals surface area contributed by atoms with Gasteiger partial charge in [-0.15, -0.1) is 0 Å². The maximum Gasteiger partial charge on any atom is 0.283 e. The minimum Gasteiger partial charge on any atom is -0.309 e. The smallest absolute Gasteiger partial charge is 0.283 e. The number of rotatable bonds is 4. The van der Waals surface area contributed by atoms with Crippen LogP contribution in [0.2, 0.25) is 13.1 Å². The summed E-state index contributed by atoms with van der Waals surface area (Å²) in [5, 5.41) is 0. The molecule has 0 radical (unpaired) electrons. The molecule has 0 fully saturated rings. The van der Waals surface area contributed by atoms with Crippen LogP contribution in [0.5, 0.6) is 0 Å². The number of para-hydroxylation sites is 2. The number of nitrogens with zero attached hydrogens (tertiary/aromatic N) is 2. The van der Waals surface area contributed by atoms with Gasteiger partial charge in [0.05, 0.1) is 0 Å².